The molecule has 0 unspecified atom stereocenters. The van der Waals surface area contributed by atoms with Gasteiger partial charge in [0.15, 0.2) is 0 Å². The highest BCUT2D eigenvalue weighted by molar-refractivity contribution is 7.92. The van der Waals surface area contributed by atoms with Crippen molar-refractivity contribution in [3.05, 3.63) is 83.4 Å². The van der Waals surface area contributed by atoms with Gasteiger partial charge in [-0.25, -0.2) is 8.42 Å². The van der Waals surface area contributed by atoms with Gasteiger partial charge in [0.2, 0.25) is 5.91 Å². The number of nitrogens with one attached hydrogen (secondary N) is 1. The second-order valence-electron chi connectivity index (χ2n) is 6.51. The van der Waals surface area contributed by atoms with Crippen LogP contribution in [0.5, 0.6) is 5.75 Å². The fraction of sp³-hybridized carbons (Fsp3) is 0.136. The molecule has 0 aliphatic heterocycles. The molecule has 0 aliphatic rings. The van der Waals surface area contributed by atoms with Crippen LogP contribution in [-0.2, 0) is 21.4 Å². The minimum absolute atomic E-state index is 0.0573. The van der Waals surface area contributed by atoms with Gasteiger partial charge in [-0.2, -0.15) is 0 Å². The Kier molecular flexibility index (Phi) is 6.64. The summed E-state index contributed by atoms with van der Waals surface area (Å²) >= 11 is 6.29. The number of sulfonamides is 1. The number of ether oxygens (including phenoxy) is 1. The van der Waals surface area contributed by atoms with Crippen molar-refractivity contribution < 1.29 is 17.9 Å². The van der Waals surface area contributed by atoms with Crippen LogP contribution >= 0.6 is 11.6 Å². The van der Waals surface area contributed by atoms with Crippen LogP contribution in [0.25, 0.3) is 0 Å². The molecule has 0 heterocycles. The molecular weight excluding hydrogens is 424 g/mol. The third-order valence-electron chi connectivity index (χ3n) is 4.39. The van der Waals surface area contributed by atoms with Crippen molar-refractivity contribution in [2.75, 3.05) is 16.7 Å². The third kappa shape index (κ3) is 4.93. The molecule has 1 amide bonds. The van der Waals surface area contributed by atoms with Gasteiger partial charge in [0.1, 0.15) is 5.75 Å². The van der Waals surface area contributed by atoms with Gasteiger partial charge >= 0.3 is 0 Å². The van der Waals surface area contributed by atoms with Gasteiger partial charge in [0.25, 0.3) is 10.0 Å². The number of carbonyl (C=O) groups excluding carboxylic acids is 1. The summed E-state index contributed by atoms with van der Waals surface area (Å²) in [5.41, 5.74) is 1.67. The van der Waals surface area contributed by atoms with Crippen LogP contribution in [0.15, 0.2) is 77.7 Å². The minimum atomic E-state index is -3.91. The Hall–Kier alpha value is -3.03. The Labute approximate surface area is 181 Å². The van der Waals surface area contributed by atoms with Gasteiger partial charge < -0.3 is 10.1 Å². The molecule has 0 bridgehead atoms. The molecule has 0 fully saturated rings. The molecule has 0 aliphatic carbocycles. The molecule has 3 aromatic rings. The predicted molar refractivity (Wildman–Crippen MR) is 119 cm³/mol. The first-order valence-electron chi connectivity index (χ1n) is 9.09. The van der Waals surface area contributed by atoms with E-state index < -0.39 is 10.0 Å². The first kappa shape index (κ1) is 21.7. The zero-order chi connectivity index (χ0) is 21.7. The molecular formula is C22H21ClN2O4S. The van der Waals surface area contributed by atoms with E-state index in [-0.39, 0.29) is 17.3 Å². The van der Waals surface area contributed by atoms with Crippen molar-refractivity contribution in [2.45, 2.75) is 18.4 Å². The Balaban J connectivity index is 2.03. The molecule has 0 atom stereocenters. The quantitative estimate of drug-likeness (QED) is 0.573. The van der Waals surface area contributed by atoms with Gasteiger partial charge in [-0.1, -0.05) is 29.8 Å². The molecule has 1 N–H and O–H groups in total. The summed E-state index contributed by atoms with van der Waals surface area (Å²) in [5.74, 6) is 0.387. The lowest BCUT2D eigenvalue weighted by Crippen LogP contribution is -2.30. The molecule has 0 radical (unpaired) electrons. The Morgan fingerprint density at radius 3 is 2.20 bits per heavy atom. The molecule has 156 valence electrons. The number of benzene rings is 3. The normalized spacial score (nSPS) is 11.0. The molecule has 3 rings (SSSR count). The van der Waals surface area contributed by atoms with Crippen molar-refractivity contribution in [2.24, 2.45) is 0 Å². The van der Waals surface area contributed by atoms with Gasteiger partial charge in [0.05, 0.1) is 24.2 Å². The summed E-state index contributed by atoms with van der Waals surface area (Å²) in [5, 5.41) is 3.10. The molecule has 0 aromatic heterocycles. The molecule has 8 heteroatoms. The van der Waals surface area contributed by atoms with E-state index in [0.717, 1.165) is 0 Å². The topological polar surface area (TPSA) is 75.7 Å². The lowest BCUT2D eigenvalue weighted by Gasteiger charge is -2.25. The SMILES string of the molecule is COc1ccc(N(Cc2ccccc2Cl)S(=O)(=O)c2ccc(NC(C)=O)cc2)cc1. The summed E-state index contributed by atoms with van der Waals surface area (Å²) < 4.78 is 33.5. The molecule has 0 saturated heterocycles. The van der Waals surface area contributed by atoms with Gasteiger partial charge in [-0.15, -0.1) is 0 Å². The number of amides is 1. The van der Waals surface area contributed by atoms with E-state index in [4.69, 9.17) is 16.3 Å². The highest BCUT2D eigenvalue weighted by atomic mass is 35.5. The van der Waals surface area contributed by atoms with Crippen molar-refractivity contribution >= 4 is 38.9 Å². The Bertz CT molecular complexity index is 1130. The van der Waals surface area contributed by atoms with Crippen LogP contribution in [0, 0.1) is 0 Å². The van der Waals surface area contributed by atoms with Crippen molar-refractivity contribution in [1.29, 1.82) is 0 Å². The van der Waals surface area contributed by atoms with Crippen LogP contribution in [0.3, 0.4) is 0 Å². The lowest BCUT2D eigenvalue weighted by atomic mass is 10.2. The van der Waals surface area contributed by atoms with Crippen molar-refractivity contribution in [3.63, 3.8) is 0 Å². The van der Waals surface area contributed by atoms with Crippen LogP contribution in [-0.4, -0.2) is 21.4 Å². The van der Waals surface area contributed by atoms with Gasteiger partial charge in [0, 0.05) is 17.6 Å². The number of rotatable bonds is 7. The molecule has 0 spiro atoms. The number of anilines is 2. The first-order valence-corrected chi connectivity index (χ1v) is 10.9. The summed E-state index contributed by atoms with van der Waals surface area (Å²) in [6, 6.07) is 19.9. The van der Waals surface area contributed by atoms with E-state index in [9.17, 15) is 13.2 Å². The summed E-state index contributed by atoms with van der Waals surface area (Å²) in [7, 11) is -2.37. The number of nitrogens with zero attached hydrogens (tertiary/aromatic N) is 1. The fourth-order valence-electron chi connectivity index (χ4n) is 2.89. The third-order valence-corrected chi connectivity index (χ3v) is 6.55. The zero-order valence-corrected chi connectivity index (χ0v) is 18.1. The molecule has 6 nitrogen and oxygen atoms in total. The fourth-order valence-corrected chi connectivity index (χ4v) is 4.52. The largest absolute Gasteiger partial charge is 0.497 e. The monoisotopic (exact) mass is 444 g/mol. The van der Waals surface area contributed by atoms with Crippen LogP contribution in [0.4, 0.5) is 11.4 Å². The van der Waals surface area contributed by atoms with Crippen molar-refractivity contribution in [3.8, 4) is 5.75 Å². The van der Waals surface area contributed by atoms with Gasteiger partial charge in [-0.3, -0.25) is 9.10 Å². The van der Waals surface area contributed by atoms with E-state index in [2.05, 4.69) is 5.32 Å². The smallest absolute Gasteiger partial charge is 0.264 e. The number of methoxy groups -OCH3 is 1. The summed E-state index contributed by atoms with van der Waals surface area (Å²) in [4.78, 5) is 11.3. The van der Waals surface area contributed by atoms with E-state index in [1.54, 1.807) is 61.7 Å². The summed E-state index contributed by atoms with van der Waals surface area (Å²) in [6.07, 6.45) is 0. The van der Waals surface area contributed by atoms with Crippen LogP contribution < -0.4 is 14.4 Å². The maximum absolute atomic E-state index is 13.5. The second-order valence-corrected chi connectivity index (χ2v) is 8.78. The number of hydrogen-bond donors (Lipinski definition) is 1. The highest BCUT2D eigenvalue weighted by Crippen LogP contribution is 2.30. The van der Waals surface area contributed by atoms with E-state index in [1.807, 2.05) is 6.07 Å². The highest BCUT2D eigenvalue weighted by Gasteiger charge is 2.26. The van der Waals surface area contributed by atoms with E-state index in [1.165, 1.54) is 23.4 Å². The maximum Gasteiger partial charge on any atom is 0.264 e. The van der Waals surface area contributed by atoms with E-state index >= 15 is 0 Å². The number of carbonyl (C=O) groups is 1. The van der Waals surface area contributed by atoms with E-state index in [0.29, 0.717) is 27.7 Å². The maximum atomic E-state index is 13.5. The average molecular weight is 445 g/mol. The first-order chi connectivity index (χ1) is 14.3. The Morgan fingerprint density at radius 1 is 1.00 bits per heavy atom. The van der Waals surface area contributed by atoms with Crippen LogP contribution in [0.2, 0.25) is 5.02 Å². The average Bonchev–Trinajstić information content (AvgIpc) is 2.73. The lowest BCUT2D eigenvalue weighted by molar-refractivity contribution is -0.114. The molecule has 0 saturated carbocycles. The predicted octanol–water partition coefficient (Wildman–Crippen LogP) is 4.70. The minimum Gasteiger partial charge on any atom is -0.497 e. The number of halogens is 1. The van der Waals surface area contributed by atoms with Crippen molar-refractivity contribution in [1.82, 2.24) is 0 Å². The Morgan fingerprint density at radius 2 is 1.63 bits per heavy atom. The molecule has 30 heavy (non-hydrogen) atoms. The standard InChI is InChI=1S/C22H21ClN2O4S/c1-16(26)24-18-7-13-21(14-8-18)30(27,28)25(15-17-5-3-4-6-22(17)23)19-9-11-20(29-2)12-10-19/h3-14H,15H2,1-2H3,(H,24,26). The molecule has 3 aromatic carbocycles. The zero-order valence-electron chi connectivity index (χ0n) is 16.5. The van der Waals surface area contributed by atoms with Crippen LogP contribution in [0.1, 0.15) is 12.5 Å². The van der Waals surface area contributed by atoms with Gasteiger partial charge in [-0.05, 0) is 60.2 Å². The number of hydrogen-bond acceptors (Lipinski definition) is 4. The second kappa shape index (κ2) is 9.19. The summed E-state index contributed by atoms with van der Waals surface area (Å²) in [6.45, 7) is 1.45.